The molecule has 0 aromatic heterocycles. The third-order valence-corrected chi connectivity index (χ3v) is 8.14. The molecular weight excluding hydrogens is 326 g/mol. The highest BCUT2D eigenvalue weighted by Gasteiger charge is 2.55. The van der Waals surface area contributed by atoms with Crippen molar-refractivity contribution in [1.29, 1.82) is 0 Å². The molecule has 0 aromatic carbocycles. The number of carbonyl (C=O) groups is 1. The number of piperidine rings is 1. The fourth-order valence-electron chi connectivity index (χ4n) is 6.75. The zero-order chi connectivity index (χ0) is 18.1. The van der Waals surface area contributed by atoms with E-state index in [1.165, 1.54) is 78.2 Å². The van der Waals surface area contributed by atoms with Gasteiger partial charge in [0, 0.05) is 18.6 Å². The summed E-state index contributed by atoms with van der Waals surface area (Å²) in [6, 6.07) is 1.43. The van der Waals surface area contributed by atoms with Gasteiger partial charge in [-0.3, -0.25) is 9.69 Å². The minimum atomic E-state index is -0.0786. The van der Waals surface area contributed by atoms with Gasteiger partial charge in [0.25, 0.3) is 0 Å². The Morgan fingerprint density at radius 1 is 1.19 bits per heavy atom. The summed E-state index contributed by atoms with van der Waals surface area (Å²) in [6.45, 7) is 8.95. The van der Waals surface area contributed by atoms with Crippen molar-refractivity contribution in [2.45, 2.75) is 64.0 Å². The van der Waals surface area contributed by atoms with Gasteiger partial charge < -0.3 is 15.0 Å². The van der Waals surface area contributed by atoms with Crippen LogP contribution in [-0.2, 0) is 9.53 Å². The zero-order valence-corrected chi connectivity index (χ0v) is 16.7. The molecule has 1 N–H and O–H groups in total. The fraction of sp³-hybridized carbons (Fsp3) is 0.952. The smallest absolute Gasteiger partial charge is 0.319 e. The summed E-state index contributed by atoms with van der Waals surface area (Å²) in [5, 5.41) is 3.61. The molecule has 0 bridgehead atoms. The highest BCUT2D eigenvalue weighted by molar-refractivity contribution is 5.71. The number of nitrogens with zero attached hydrogens (tertiary/aromatic N) is 2. The standard InChI is InChI=1S/C21H37N3O2/c1-3-17-19(13-21(17)8-9-22-15-21)23-11-6-16(7-12-23)18-5-4-10-24(18)14-20(25)26-2/h16-19,22H,3-15H2,1-2H3/t17-,18?,19?,21?/m1/s1. The van der Waals surface area contributed by atoms with Gasteiger partial charge in [-0.2, -0.15) is 0 Å². The number of rotatable bonds is 5. The fourth-order valence-corrected chi connectivity index (χ4v) is 6.75. The summed E-state index contributed by atoms with van der Waals surface area (Å²) >= 11 is 0. The lowest BCUT2D eigenvalue weighted by atomic mass is 9.54. The van der Waals surface area contributed by atoms with Gasteiger partial charge in [-0.1, -0.05) is 13.3 Å². The molecule has 0 amide bonds. The second-order valence-electron chi connectivity index (χ2n) is 9.20. The Morgan fingerprint density at radius 3 is 2.65 bits per heavy atom. The van der Waals surface area contributed by atoms with Gasteiger partial charge in [0.1, 0.15) is 0 Å². The third-order valence-electron chi connectivity index (χ3n) is 8.14. The van der Waals surface area contributed by atoms with E-state index < -0.39 is 0 Å². The summed E-state index contributed by atoms with van der Waals surface area (Å²) in [7, 11) is 1.50. The molecule has 1 aliphatic carbocycles. The number of nitrogens with one attached hydrogen (secondary N) is 1. The second kappa shape index (κ2) is 7.76. The van der Waals surface area contributed by atoms with Crippen LogP contribution in [0.15, 0.2) is 0 Å². The number of hydrogen-bond acceptors (Lipinski definition) is 5. The molecule has 26 heavy (non-hydrogen) atoms. The van der Waals surface area contributed by atoms with Crippen LogP contribution in [-0.4, -0.2) is 74.2 Å². The van der Waals surface area contributed by atoms with Crippen molar-refractivity contribution in [3.05, 3.63) is 0 Å². The molecule has 1 spiro atoms. The quantitative estimate of drug-likeness (QED) is 0.758. The Bertz CT molecular complexity index is 497. The predicted octanol–water partition coefficient (Wildman–Crippen LogP) is 2.11. The number of likely N-dealkylation sites (tertiary alicyclic amines) is 2. The molecule has 4 atom stereocenters. The number of carbonyl (C=O) groups excluding carboxylic acids is 1. The topological polar surface area (TPSA) is 44.8 Å². The number of hydrogen-bond donors (Lipinski definition) is 1. The van der Waals surface area contributed by atoms with E-state index in [4.69, 9.17) is 4.74 Å². The largest absolute Gasteiger partial charge is 0.468 e. The molecule has 3 unspecified atom stereocenters. The first-order valence-electron chi connectivity index (χ1n) is 10.9. The van der Waals surface area contributed by atoms with Gasteiger partial charge in [0.15, 0.2) is 0 Å². The first-order valence-corrected chi connectivity index (χ1v) is 10.9. The highest BCUT2D eigenvalue weighted by atomic mass is 16.5. The molecule has 5 heteroatoms. The average molecular weight is 364 g/mol. The Kier molecular flexibility index (Phi) is 5.58. The van der Waals surface area contributed by atoms with Crippen LogP contribution in [0.25, 0.3) is 0 Å². The van der Waals surface area contributed by atoms with Crippen molar-refractivity contribution >= 4 is 5.97 Å². The lowest BCUT2D eigenvalue weighted by molar-refractivity contribution is -0.142. The van der Waals surface area contributed by atoms with E-state index in [2.05, 4.69) is 22.0 Å². The Labute approximate surface area is 158 Å². The average Bonchev–Trinajstić information content (AvgIpc) is 3.31. The van der Waals surface area contributed by atoms with Gasteiger partial charge in [-0.15, -0.1) is 0 Å². The maximum atomic E-state index is 11.7. The van der Waals surface area contributed by atoms with E-state index in [9.17, 15) is 4.79 Å². The minimum absolute atomic E-state index is 0.0786. The van der Waals surface area contributed by atoms with E-state index >= 15 is 0 Å². The van der Waals surface area contributed by atoms with Crippen LogP contribution in [0.5, 0.6) is 0 Å². The lowest BCUT2D eigenvalue weighted by Crippen LogP contribution is -2.61. The van der Waals surface area contributed by atoms with E-state index in [0.717, 1.165) is 24.4 Å². The summed E-state index contributed by atoms with van der Waals surface area (Å²) in [5.41, 5.74) is 0.624. The highest BCUT2D eigenvalue weighted by Crippen LogP contribution is 2.54. The van der Waals surface area contributed by atoms with Crippen molar-refractivity contribution < 1.29 is 9.53 Å². The molecule has 3 saturated heterocycles. The van der Waals surface area contributed by atoms with Crippen LogP contribution in [0.1, 0.15) is 51.9 Å². The lowest BCUT2D eigenvalue weighted by Gasteiger charge is -2.58. The monoisotopic (exact) mass is 363 g/mol. The molecule has 4 fully saturated rings. The summed E-state index contributed by atoms with van der Waals surface area (Å²) in [5.74, 6) is 1.59. The van der Waals surface area contributed by atoms with Crippen molar-refractivity contribution in [3.8, 4) is 0 Å². The van der Waals surface area contributed by atoms with E-state index in [0.29, 0.717) is 18.0 Å². The van der Waals surface area contributed by atoms with E-state index in [1.807, 2.05) is 0 Å². The third kappa shape index (κ3) is 3.31. The van der Waals surface area contributed by atoms with Gasteiger partial charge in [0.05, 0.1) is 13.7 Å². The van der Waals surface area contributed by atoms with Crippen LogP contribution in [0, 0.1) is 17.3 Å². The summed E-state index contributed by atoms with van der Waals surface area (Å²) in [6.07, 6.45) is 9.25. The number of esters is 1. The zero-order valence-electron chi connectivity index (χ0n) is 16.7. The van der Waals surface area contributed by atoms with Crippen molar-refractivity contribution in [2.24, 2.45) is 17.3 Å². The predicted molar refractivity (Wildman–Crippen MR) is 103 cm³/mol. The van der Waals surface area contributed by atoms with Gasteiger partial charge in [-0.05, 0) is 82.0 Å². The molecule has 3 heterocycles. The Hall–Kier alpha value is -0.650. The van der Waals surface area contributed by atoms with Gasteiger partial charge in [-0.25, -0.2) is 0 Å². The first-order chi connectivity index (χ1) is 12.7. The maximum Gasteiger partial charge on any atom is 0.319 e. The number of methoxy groups -OCH3 is 1. The molecule has 4 aliphatic rings. The maximum absolute atomic E-state index is 11.7. The first kappa shape index (κ1) is 18.7. The second-order valence-corrected chi connectivity index (χ2v) is 9.20. The molecule has 4 rings (SSSR count). The summed E-state index contributed by atoms with van der Waals surface area (Å²) in [4.78, 5) is 16.9. The molecule has 3 aliphatic heterocycles. The van der Waals surface area contributed by atoms with Gasteiger partial charge >= 0.3 is 5.97 Å². The molecular formula is C21H37N3O2. The van der Waals surface area contributed by atoms with Crippen LogP contribution >= 0.6 is 0 Å². The van der Waals surface area contributed by atoms with Crippen LogP contribution in [0.2, 0.25) is 0 Å². The Balaban J connectivity index is 1.30. The van der Waals surface area contributed by atoms with Crippen LogP contribution < -0.4 is 5.32 Å². The molecule has 5 nitrogen and oxygen atoms in total. The van der Waals surface area contributed by atoms with E-state index in [-0.39, 0.29) is 5.97 Å². The normalized spacial score (nSPS) is 39.4. The van der Waals surface area contributed by atoms with Gasteiger partial charge in [0.2, 0.25) is 0 Å². The van der Waals surface area contributed by atoms with Crippen molar-refractivity contribution in [1.82, 2.24) is 15.1 Å². The van der Waals surface area contributed by atoms with E-state index in [1.54, 1.807) is 0 Å². The Morgan fingerprint density at radius 2 is 2.00 bits per heavy atom. The minimum Gasteiger partial charge on any atom is -0.468 e. The van der Waals surface area contributed by atoms with Crippen molar-refractivity contribution in [2.75, 3.05) is 46.4 Å². The van der Waals surface area contributed by atoms with Crippen LogP contribution in [0.3, 0.4) is 0 Å². The molecule has 0 aromatic rings. The number of ether oxygens (including phenoxy) is 1. The van der Waals surface area contributed by atoms with Crippen molar-refractivity contribution in [3.63, 3.8) is 0 Å². The SMILES string of the molecule is CC[C@@H]1C(N2CCC(C3CCCN3CC(=O)OC)CC2)CC12CCNC2. The molecule has 0 radical (unpaired) electrons. The summed E-state index contributed by atoms with van der Waals surface area (Å²) < 4.78 is 4.89. The van der Waals surface area contributed by atoms with Crippen LogP contribution in [0.4, 0.5) is 0 Å². The molecule has 148 valence electrons. The molecule has 1 saturated carbocycles.